The van der Waals surface area contributed by atoms with E-state index in [4.69, 9.17) is 10.2 Å². The Kier molecular flexibility index (Phi) is 8.20. The molecule has 2 atom stereocenters. The smallest absolute Gasteiger partial charge is 0.326 e. The van der Waals surface area contributed by atoms with E-state index in [0.29, 0.717) is 5.69 Å². The average Bonchev–Trinajstić information content (AvgIpc) is 2.56. The quantitative estimate of drug-likeness (QED) is 0.463. The maximum absolute atomic E-state index is 12.4. The predicted molar refractivity (Wildman–Crippen MR) is 91.1 cm³/mol. The lowest BCUT2D eigenvalue weighted by Gasteiger charge is -2.24. The van der Waals surface area contributed by atoms with E-state index in [2.05, 4.69) is 15.6 Å². The molecule has 1 aromatic rings. The number of aliphatic carboxylic acids is 2. The van der Waals surface area contributed by atoms with Crippen LogP contribution in [0.25, 0.3) is 0 Å². The van der Waals surface area contributed by atoms with Gasteiger partial charge in [-0.05, 0) is 24.5 Å². The highest BCUT2D eigenvalue weighted by Gasteiger charge is 2.28. The maximum Gasteiger partial charge on any atom is 0.326 e. The molecule has 1 heterocycles. The molecule has 0 aliphatic heterocycles. The third-order valence-corrected chi connectivity index (χ3v) is 3.59. The summed E-state index contributed by atoms with van der Waals surface area (Å²) in [6, 6.07) is 2.85. The van der Waals surface area contributed by atoms with Crippen LogP contribution in [0.4, 0.5) is 0 Å². The zero-order chi connectivity index (χ0) is 19.7. The lowest BCUT2D eigenvalue weighted by atomic mass is 10.0. The number of carboxylic acid groups (broad SMARTS) is 2. The Balaban J connectivity index is 2.71. The van der Waals surface area contributed by atoms with E-state index in [0.717, 1.165) is 0 Å². The van der Waals surface area contributed by atoms with Crippen LogP contribution < -0.4 is 10.6 Å². The highest BCUT2D eigenvalue weighted by Crippen LogP contribution is 2.06. The molecule has 0 aliphatic rings. The van der Waals surface area contributed by atoms with Gasteiger partial charge in [-0.15, -0.1) is 0 Å². The van der Waals surface area contributed by atoms with Crippen molar-refractivity contribution >= 4 is 23.8 Å². The minimum atomic E-state index is -1.34. The number of carboxylic acids is 2. The number of nitrogens with zero attached hydrogens (tertiary/aromatic N) is 1. The van der Waals surface area contributed by atoms with Crippen molar-refractivity contribution in [3.63, 3.8) is 0 Å². The Hall–Kier alpha value is -2.97. The molecule has 0 bridgehead atoms. The summed E-state index contributed by atoms with van der Waals surface area (Å²) in [5.74, 6) is -3.88. The van der Waals surface area contributed by atoms with Crippen molar-refractivity contribution in [2.45, 2.75) is 45.2 Å². The highest BCUT2D eigenvalue weighted by atomic mass is 16.4. The van der Waals surface area contributed by atoms with Crippen molar-refractivity contribution in [3.05, 3.63) is 30.1 Å². The SMILES string of the molecule is CC(C)[C@H](NC(=O)Cc1ccccn1)C(=O)N[C@H](CCC(=O)O)C(=O)O. The van der Waals surface area contributed by atoms with Crippen molar-refractivity contribution in [2.24, 2.45) is 5.92 Å². The fourth-order valence-corrected chi connectivity index (χ4v) is 2.21. The molecule has 9 nitrogen and oxygen atoms in total. The van der Waals surface area contributed by atoms with Gasteiger partial charge in [0.2, 0.25) is 11.8 Å². The summed E-state index contributed by atoms with van der Waals surface area (Å²) < 4.78 is 0. The normalized spacial score (nSPS) is 12.9. The molecular formula is C17H23N3O6. The van der Waals surface area contributed by atoms with Gasteiger partial charge >= 0.3 is 11.9 Å². The van der Waals surface area contributed by atoms with Crippen molar-refractivity contribution in [1.29, 1.82) is 0 Å². The third-order valence-electron chi connectivity index (χ3n) is 3.59. The molecular weight excluding hydrogens is 342 g/mol. The van der Waals surface area contributed by atoms with Gasteiger partial charge in [-0.3, -0.25) is 19.4 Å². The van der Waals surface area contributed by atoms with Gasteiger partial charge in [0.15, 0.2) is 0 Å². The number of aromatic nitrogens is 1. The first-order valence-corrected chi connectivity index (χ1v) is 8.15. The van der Waals surface area contributed by atoms with Crippen LogP contribution in [0.15, 0.2) is 24.4 Å². The minimum absolute atomic E-state index is 0.0152. The number of amides is 2. The topological polar surface area (TPSA) is 146 Å². The summed E-state index contributed by atoms with van der Waals surface area (Å²) >= 11 is 0. The molecule has 2 amide bonds. The Morgan fingerprint density at radius 1 is 1.12 bits per heavy atom. The van der Waals surface area contributed by atoms with E-state index in [1.807, 2.05) is 0 Å². The molecule has 0 aromatic carbocycles. The second-order valence-corrected chi connectivity index (χ2v) is 6.12. The summed E-state index contributed by atoms with van der Waals surface area (Å²) in [6.07, 6.45) is 0.895. The van der Waals surface area contributed by atoms with Gasteiger partial charge in [0.25, 0.3) is 0 Å². The number of hydrogen-bond donors (Lipinski definition) is 4. The van der Waals surface area contributed by atoms with E-state index in [1.54, 1.807) is 38.2 Å². The number of pyridine rings is 1. The van der Waals surface area contributed by atoms with Gasteiger partial charge < -0.3 is 20.8 Å². The van der Waals surface area contributed by atoms with Crippen molar-refractivity contribution in [2.75, 3.05) is 0 Å². The van der Waals surface area contributed by atoms with Crippen LogP contribution in [0, 0.1) is 5.92 Å². The molecule has 0 fully saturated rings. The Morgan fingerprint density at radius 2 is 1.81 bits per heavy atom. The first-order chi connectivity index (χ1) is 12.2. The molecule has 142 valence electrons. The van der Waals surface area contributed by atoms with Crippen LogP contribution in [-0.4, -0.2) is 51.0 Å². The average molecular weight is 365 g/mol. The van der Waals surface area contributed by atoms with E-state index in [1.165, 1.54) is 0 Å². The Labute approximate surface area is 150 Å². The van der Waals surface area contributed by atoms with E-state index >= 15 is 0 Å². The second-order valence-electron chi connectivity index (χ2n) is 6.12. The predicted octanol–water partition coefficient (Wildman–Crippen LogP) is 0.199. The van der Waals surface area contributed by atoms with Crippen molar-refractivity contribution in [3.8, 4) is 0 Å². The minimum Gasteiger partial charge on any atom is -0.481 e. The maximum atomic E-state index is 12.4. The van der Waals surface area contributed by atoms with Crippen LogP contribution in [0.2, 0.25) is 0 Å². The number of nitrogens with one attached hydrogen (secondary N) is 2. The first kappa shape index (κ1) is 21.1. The monoisotopic (exact) mass is 365 g/mol. The summed E-state index contributed by atoms with van der Waals surface area (Å²) in [4.78, 5) is 50.4. The molecule has 1 rings (SSSR count). The van der Waals surface area contributed by atoms with E-state index in [9.17, 15) is 19.2 Å². The fraction of sp³-hybridized carbons (Fsp3) is 0.471. The molecule has 4 N–H and O–H groups in total. The third kappa shape index (κ3) is 7.29. The molecule has 1 aromatic heterocycles. The Bertz CT molecular complexity index is 647. The second kappa shape index (κ2) is 10.1. The highest BCUT2D eigenvalue weighted by molar-refractivity contribution is 5.91. The van der Waals surface area contributed by atoms with Gasteiger partial charge in [-0.1, -0.05) is 19.9 Å². The number of hydrogen-bond acceptors (Lipinski definition) is 5. The number of carbonyl (C=O) groups excluding carboxylic acids is 2. The molecule has 0 radical (unpaired) electrons. The summed E-state index contributed by atoms with van der Waals surface area (Å²) in [5.41, 5.74) is 0.540. The van der Waals surface area contributed by atoms with Crippen LogP contribution in [0.1, 0.15) is 32.4 Å². The Morgan fingerprint density at radius 3 is 2.31 bits per heavy atom. The summed E-state index contributed by atoms with van der Waals surface area (Å²) in [7, 11) is 0. The van der Waals surface area contributed by atoms with Gasteiger partial charge in [0.1, 0.15) is 12.1 Å². The van der Waals surface area contributed by atoms with E-state index < -0.39 is 42.3 Å². The van der Waals surface area contributed by atoms with Crippen molar-refractivity contribution < 1.29 is 29.4 Å². The standard InChI is InChI=1S/C17H23N3O6/c1-10(2)15(20-13(21)9-11-5-3-4-8-18-11)16(24)19-12(17(25)26)6-7-14(22)23/h3-5,8,10,12,15H,6-7,9H2,1-2H3,(H,19,24)(H,20,21)(H,22,23)(H,25,26)/t12-,15+/m1/s1. The molecule has 9 heteroatoms. The number of rotatable bonds is 10. The molecule has 0 unspecified atom stereocenters. The van der Waals surface area contributed by atoms with Crippen LogP contribution in [0.5, 0.6) is 0 Å². The molecule has 0 spiro atoms. The largest absolute Gasteiger partial charge is 0.481 e. The number of carbonyl (C=O) groups is 4. The van der Waals surface area contributed by atoms with Crippen LogP contribution in [0.3, 0.4) is 0 Å². The molecule has 0 saturated heterocycles. The van der Waals surface area contributed by atoms with Gasteiger partial charge in [-0.25, -0.2) is 4.79 Å². The first-order valence-electron chi connectivity index (χ1n) is 8.15. The van der Waals surface area contributed by atoms with Crippen molar-refractivity contribution in [1.82, 2.24) is 15.6 Å². The van der Waals surface area contributed by atoms with E-state index in [-0.39, 0.29) is 18.8 Å². The summed E-state index contributed by atoms with van der Waals surface area (Å²) in [6.45, 7) is 3.41. The zero-order valence-electron chi connectivity index (χ0n) is 14.6. The molecule has 0 saturated carbocycles. The lowest BCUT2D eigenvalue weighted by molar-refractivity contribution is -0.143. The van der Waals surface area contributed by atoms with Gasteiger partial charge in [-0.2, -0.15) is 0 Å². The molecule has 0 aliphatic carbocycles. The van der Waals surface area contributed by atoms with Crippen LogP contribution in [-0.2, 0) is 25.6 Å². The zero-order valence-corrected chi connectivity index (χ0v) is 14.6. The fourth-order valence-electron chi connectivity index (χ4n) is 2.21. The van der Waals surface area contributed by atoms with Gasteiger partial charge in [0.05, 0.1) is 6.42 Å². The molecule has 26 heavy (non-hydrogen) atoms. The van der Waals surface area contributed by atoms with Gasteiger partial charge in [0, 0.05) is 18.3 Å². The lowest BCUT2D eigenvalue weighted by Crippen LogP contribution is -2.54. The van der Waals surface area contributed by atoms with Crippen LogP contribution >= 0.6 is 0 Å². The summed E-state index contributed by atoms with van der Waals surface area (Å²) in [5, 5.41) is 22.7.